The minimum Gasteiger partial charge on any atom is -0.487 e. The van der Waals surface area contributed by atoms with E-state index in [1.54, 1.807) is 18.2 Å². The fourth-order valence-corrected chi connectivity index (χ4v) is 1.22. The lowest BCUT2D eigenvalue weighted by molar-refractivity contribution is 0.560. The van der Waals surface area contributed by atoms with Crippen molar-refractivity contribution in [3.63, 3.8) is 0 Å². The lowest BCUT2D eigenvalue weighted by atomic mass is 10.2. The van der Waals surface area contributed by atoms with Gasteiger partial charge in [0.1, 0.15) is 0 Å². The van der Waals surface area contributed by atoms with E-state index in [0.717, 1.165) is 11.3 Å². The average Bonchev–Trinajstić information content (AvgIpc) is 2.08. The van der Waals surface area contributed by atoms with Crippen LogP contribution in [0.5, 0.6) is 0 Å². The minimum atomic E-state index is -0.500. The Hall–Kier alpha value is -1.11. The number of nitrogens with one attached hydrogen (secondary N) is 1. The Morgan fingerprint density at radius 3 is 2.25 bits per heavy atom. The number of nitrogens with two attached hydrogens (primary N) is 1. The third kappa shape index (κ3) is 7.22. The number of anilines is 1. The van der Waals surface area contributed by atoms with Crippen LogP contribution in [0.2, 0.25) is 5.02 Å². The molecule has 0 amide bonds. The molecule has 7 heteroatoms. The van der Waals surface area contributed by atoms with Gasteiger partial charge in [0.25, 0.3) is 10.3 Å². The van der Waals surface area contributed by atoms with Gasteiger partial charge in [-0.25, -0.2) is 0 Å². The van der Waals surface area contributed by atoms with Crippen LogP contribution in [0.3, 0.4) is 0 Å². The third-order valence-corrected chi connectivity index (χ3v) is 1.77. The summed E-state index contributed by atoms with van der Waals surface area (Å²) >= 11 is 14.1. The summed E-state index contributed by atoms with van der Waals surface area (Å²) in [6, 6.07) is 5.29. The number of hydrogen-bond acceptors (Lipinski definition) is 2. The van der Waals surface area contributed by atoms with Gasteiger partial charge in [-0.3, -0.25) is 0 Å². The average molecular weight is 279 g/mol. The largest absolute Gasteiger partial charge is 0.487 e. The lowest BCUT2D eigenvalue weighted by Gasteiger charge is -2.05. The second-order valence-electron chi connectivity index (χ2n) is 2.73. The molecule has 0 aromatic heterocycles. The summed E-state index contributed by atoms with van der Waals surface area (Å²) in [5, 5.41) is 18.9. The fraction of sp³-hybridized carbons (Fsp3) is 0.111. The Morgan fingerprint density at radius 2 is 1.88 bits per heavy atom. The zero-order chi connectivity index (χ0) is 12.7. The van der Waals surface area contributed by atoms with E-state index in [1.165, 1.54) is 0 Å². The molecule has 5 N–H and O–H groups in total. The second-order valence-corrected chi connectivity index (χ2v) is 3.97. The number of hydrogen-bond donors (Lipinski definition) is 4. The van der Waals surface area contributed by atoms with Crippen molar-refractivity contribution >= 4 is 52.1 Å². The molecule has 1 aromatic rings. The molecule has 0 radical (unpaired) electrons. The molecule has 0 unspecified atom stereocenters. The van der Waals surface area contributed by atoms with E-state index in [-0.39, 0.29) is 5.17 Å². The highest BCUT2D eigenvalue weighted by Crippen LogP contribution is 2.19. The van der Waals surface area contributed by atoms with E-state index in [2.05, 4.69) is 35.5 Å². The van der Waals surface area contributed by atoms with Gasteiger partial charge in [0.15, 0.2) is 0 Å². The molecule has 0 heterocycles. The van der Waals surface area contributed by atoms with Gasteiger partial charge in [-0.15, -0.1) is 0 Å². The first-order chi connectivity index (χ1) is 7.32. The number of aliphatic hydroxyl groups is 2. The maximum absolute atomic E-state index is 8.79. The SMILES string of the molecule is Cc1cc(Cl)ccc1NC(O)=S.NC(O)=S. The van der Waals surface area contributed by atoms with Crippen LogP contribution < -0.4 is 11.1 Å². The van der Waals surface area contributed by atoms with Crippen molar-refractivity contribution in [2.75, 3.05) is 5.32 Å². The molecule has 0 saturated heterocycles. The Balaban J connectivity index is 0.000000487. The second kappa shape index (κ2) is 7.21. The first-order valence-corrected chi connectivity index (χ1v) is 5.27. The number of aryl methyl sites for hydroxylation is 1. The molecule has 0 aliphatic carbocycles. The predicted molar refractivity (Wildman–Crippen MR) is 74.5 cm³/mol. The molecule has 0 saturated carbocycles. The standard InChI is InChI=1S/C8H8ClNOS.CH3NOS/c1-5-4-6(9)2-3-7(5)10-8(11)12;2-1(3)4/h2-4H,1H3,(H2,10,11,12);(H3,2,3,4). The molecule has 0 atom stereocenters. The Kier molecular flexibility index (Phi) is 6.71. The van der Waals surface area contributed by atoms with Crippen molar-refractivity contribution in [3.05, 3.63) is 28.8 Å². The van der Waals surface area contributed by atoms with Crippen molar-refractivity contribution in [1.29, 1.82) is 0 Å². The van der Waals surface area contributed by atoms with Gasteiger partial charge in [0.2, 0.25) is 0 Å². The molecule has 0 aliphatic heterocycles. The van der Waals surface area contributed by atoms with Crippen LogP contribution in [0, 0.1) is 6.92 Å². The van der Waals surface area contributed by atoms with E-state index in [4.69, 9.17) is 21.8 Å². The molecule has 1 rings (SSSR count). The highest BCUT2D eigenvalue weighted by molar-refractivity contribution is 7.80. The molecule has 88 valence electrons. The van der Waals surface area contributed by atoms with Crippen molar-refractivity contribution in [2.45, 2.75) is 6.92 Å². The van der Waals surface area contributed by atoms with Crippen molar-refractivity contribution in [3.8, 4) is 0 Å². The van der Waals surface area contributed by atoms with Crippen molar-refractivity contribution in [2.24, 2.45) is 5.73 Å². The Morgan fingerprint density at radius 1 is 1.38 bits per heavy atom. The van der Waals surface area contributed by atoms with Crippen LogP contribution in [0.15, 0.2) is 18.2 Å². The monoisotopic (exact) mass is 278 g/mol. The molecule has 4 nitrogen and oxygen atoms in total. The zero-order valence-electron chi connectivity index (χ0n) is 8.40. The molecule has 1 aromatic carbocycles. The summed E-state index contributed by atoms with van der Waals surface area (Å²) in [6.07, 6.45) is 0. The van der Waals surface area contributed by atoms with Crippen molar-refractivity contribution in [1.82, 2.24) is 0 Å². The Bertz CT molecular complexity index is 395. The van der Waals surface area contributed by atoms with E-state index < -0.39 is 5.17 Å². The topological polar surface area (TPSA) is 78.5 Å². The normalized spacial score (nSPS) is 8.62. The van der Waals surface area contributed by atoms with E-state index in [9.17, 15) is 0 Å². The lowest BCUT2D eigenvalue weighted by Crippen LogP contribution is -2.07. The summed E-state index contributed by atoms with van der Waals surface area (Å²) in [6.45, 7) is 1.88. The van der Waals surface area contributed by atoms with Crippen molar-refractivity contribution < 1.29 is 10.2 Å². The van der Waals surface area contributed by atoms with Gasteiger partial charge >= 0.3 is 0 Å². The van der Waals surface area contributed by atoms with Gasteiger partial charge in [-0.05, 0) is 55.1 Å². The molecule has 0 spiro atoms. The van der Waals surface area contributed by atoms with Crippen LogP contribution in [0.4, 0.5) is 5.69 Å². The summed E-state index contributed by atoms with van der Waals surface area (Å²) in [5.41, 5.74) is 6.11. The van der Waals surface area contributed by atoms with Crippen LogP contribution in [0.1, 0.15) is 5.56 Å². The maximum Gasteiger partial charge on any atom is 0.258 e. The molecule has 0 bridgehead atoms. The Labute approximate surface area is 109 Å². The van der Waals surface area contributed by atoms with Crippen LogP contribution in [-0.2, 0) is 0 Å². The number of halogens is 1. The summed E-state index contributed by atoms with van der Waals surface area (Å²) in [7, 11) is 0. The van der Waals surface area contributed by atoms with Gasteiger partial charge in [0.05, 0.1) is 0 Å². The molecular formula is C9H11ClN2O2S2. The molecular weight excluding hydrogens is 268 g/mol. The van der Waals surface area contributed by atoms with Crippen LogP contribution in [0.25, 0.3) is 0 Å². The van der Waals surface area contributed by atoms with E-state index in [1.807, 2.05) is 6.92 Å². The first kappa shape index (κ1) is 14.9. The predicted octanol–water partition coefficient (Wildman–Crippen LogP) is 2.69. The van der Waals surface area contributed by atoms with Gasteiger partial charge < -0.3 is 21.3 Å². The van der Waals surface area contributed by atoms with E-state index in [0.29, 0.717) is 5.02 Å². The number of rotatable bonds is 1. The summed E-state index contributed by atoms with van der Waals surface area (Å²) < 4.78 is 0. The van der Waals surface area contributed by atoms with Gasteiger partial charge in [-0.2, -0.15) is 0 Å². The quantitative estimate of drug-likeness (QED) is 0.592. The minimum absolute atomic E-state index is 0.236. The van der Waals surface area contributed by atoms with E-state index >= 15 is 0 Å². The number of thiocarbonyl (C=S) groups is 2. The number of benzene rings is 1. The highest BCUT2D eigenvalue weighted by Gasteiger charge is 1.99. The highest BCUT2D eigenvalue weighted by atomic mass is 35.5. The third-order valence-electron chi connectivity index (χ3n) is 1.43. The first-order valence-electron chi connectivity index (χ1n) is 4.07. The molecule has 0 fully saturated rings. The van der Waals surface area contributed by atoms with Crippen LogP contribution >= 0.6 is 36.0 Å². The van der Waals surface area contributed by atoms with Crippen LogP contribution in [-0.4, -0.2) is 20.6 Å². The number of aliphatic hydroxyl groups excluding tert-OH is 2. The van der Waals surface area contributed by atoms with Gasteiger partial charge in [-0.1, -0.05) is 11.6 Å². The fourth-order valence-electron chi connectivity index (χ4n) is 0.883. The molecule has 0 aliphatic rings. The summed E-state index contributed by atoms with van der Waals surface area (Å²) in [5.74, 6) is 0. The smallest absolute Gasteiger partial charge is 0.258 e. The van der Waals surface area contributed by atoms with Gasteiger partial charge in [0, 0.05) is 10.7 Å². The maximum atomic E-state index is 8.79. The molecule has 16 heavy (non-hydrogen) atoms. The zero-order valence-corrected chi connectivity index (χ0v) is 10.8. The summed E-state index contributed by atoms with van der Waals surface area (Å²) in [4.78, 5) is 0.